The number of pyridine rings is 5. The molecule has 443 valence electrons. The monoisotopic (exact) mass is 1500 g/mol. The summed E-state index contributed by atoms with van der Waals surface area (Å²) in [6, 6.07) is 96.5. The van der Waals surface area contributed by atoms with Crippen molar-refractivity contribution in [1.82, 2.24) is 24.9 Å². The summed E-state index contributed by atoms with van der Waals surface area (Å²) in [7, 11) is 2.00. The van der Waals surface area contributed by atoms with Crippen LogP contribution in [0, 0.1) is 24.3 Å². The van der Waals surface area contributed by atoms with Crippen LogP contribution in [0.5, 0.6) is 0 Å². The molecule has 0 aliphatic carbocycles. The molecular weight excluding hydrogens is 1420 g/mol. The third kappa shape index (κ3) is 23.4. The molecule has 0 saturated carbocycles. The average Bonchev–Trinajstić information content (AvgIpc) is 3.70. The van der Waals surface area contributed by atoms with Crippen molar-refractivity contribution in [2.75, 3.05) is 14.2 Å². The van der Waals surface area contributed by atoms with Crippen LogP contribution >= 0.6 is 0 Å². The summed E-state index contributed by atoms with van der Waals surface area (Å²) in [5.41, 5.74) is 19.1. The van der Waals surface area contributed by atoms with Crippen LogP contribution in [-0.4, -0.2) is 49.4 Å². The van der Waals surface area contributed by atoms with Crippen molar-refractivity contribution >= 4 is 0 Å². The van der Waals surface area contributed by atoms with E-state index >= 15 is 0 Å². The molecule has 0 unspecified atom stereocenters. The summed E-state index contributed by atoms with van der Waals surface area (Å²) in [5, 5.41) is 14.0. The molecule has 5 heterocycles. The van der Waals surface area contributed by atoms with Gasteiger partial charge < -0.3 is 20.2 Å². The van der Waals surface area contributed by atoms with E-state index in [1.54, 1.807) is 6.20 Å². The van der Waals surface area contributed by atoms with Gasteiger partial charge in [0.25, 0.3) is 0 Å². The Labute approximate surface area is 544 Å². The molecule has 12 rings (SSSR count). The summed E-state index contributed by atoms with van der Waals surface area (Å²) in [6.45, 7) is 13.1. The normalized spacial score (nSPS) is 9.85. The molecule has 1 radical (unpaired) electrons. The predicted octanol–water partition coefficient (Wildman–Crippen LogP) is 18.9. The SMILES string of the molecule is CC(C)c1cc[c-]c(-c2[c-]cccc2)c1.CC(C)c1ccnc(-c2[c-]cccc2)c1.CC(C)c1ccnc(-c2ccccn2)c1.CO.CO.[Ir+3].[Ir].[c-]1ccccc1-c1cc(-c2ccccc2)ccn1.c1ccc(-c2ccnc(-c3ccccc3)c2)cc1. The van der Waals surface area contributed by atoms with Gasteiger partial charge in [-0.25, -0.2) is 11.1 Å². The second-order valence-electron chi connectivity index (χ2n) is 19.9. The van der Waals surface area contributed by atoms with Crippen molar-refractivity contribution in [2.24, 2.45) is 0 Å². The van der Waals surface area contributed by atoms with Gasteiger partial charge in [-0.2, -0.15) is 42.5 Å². The van der Waals surface area contributed by atoms with Gasteiger partial charge in [0, 0.05) is 70.9 Å². The molecule has 0 spiro atoms. The number of aromatic nitrogens is 5. The van der Waals surface area contributed by atoms with Crippen LogP contribution in [0.3, 0.4) is 0 Å². The fourth-order valence-corrected chi connectivity index (χ4v) is 8.47. The van der Waals surface area contributed by atoms with Crippen molar-refractivity contribution in [1.29, 1.82) is 0 Å². The fourth-order valence-electron chi connectivity index (χ4n) is 8.47. The van der Waals surface area contributed by atoms with Crippen LogP contribution in [0.25, 0.3) is 78.5 Å². The van der Waals surface area contributed by atoms with Crippen LogP contribution in [0.15, 0.2) is 280 Å². The molecule has 12 aromatic rings. The minimum atomic E-state index is 0. The van der Waals surface area contributed by atoms with Gasteiger partial charge in [-0.05, 0) is 105 Å². The maximum absolute atomic E-state index is 7.00. The van der Waals surface area contributed by atoms with Crippen molar-refractivity contribution < 1.29 is 50.4 Å². The number of nitrogens with zero attached hydrogens (tertiary/aromatic N) is 5. The number of aliphatic hydroxyl groups is 2. The van der Waals surface area contributed by atoms with E-state index in [1.165, 1.54) is 38.9 Å². The van der Waals surface area contributed by atoms with E-state index in [4.69, 9.17) is 10.2 Å². The molecule has 0 aliphatic rings. The van der Waals surface area contributed by atoms with Gasteiger partial charge >= 0.3 is 20.1 Å². The Bertz CT molecular complexity index is 3300. The second-order valence-corrected chi connectivity index (χ2v) is 19.9. The predicted molar refractivity (Wildman–Crippen MR) is 353 cm³/mol. The van der Waals surface area contributed by atoms with E-state index in [9.17, 15) is 0 Å². The topological polar surface area (TPSA) is 105 Å². The standard InChI is InChI=1S/C17H13N.C17H12N.C15H14.C14H14N.C13H14N2.2CH4O.2Ir/c2*1-3-7-14(8-4-1)16-11-12-18-17(13-16)15-9-5-2-6-10-15;1-12(2)14-9-6-10-15(11-14)13-7-4-3-5-8-13;1-11(2)13-8-9-15-14(10-13)12-6-4-3-5-7-12;1-10(2)11-6-8-15-13(9-11)12-5-3-4-7-14-12;2*1-2;;/h1-13H;1-9,11-13H;3-7,9,11-12H,1-2H3;3-6,8-11H,1-2H3;3-10H,1-2H3;2*2H,1H3;;/q;-1;-2;-1;;;;;+3. The molecule has 0 atom stereocenters. The van der Waals surface area contributed by atoms with Crippen molar-refractivity contribution in [3.63, 3.8) is 0 Å². The number of aliphatic hydroxyl groups excluding tert-OH is 2. The van der Waals surface area contributed by atoms with E-state index in [0.29, 0.717) is 17.8 Å². The molecule has 5 aromatic heterocycles. The molecule has 87 heavy (non-hydrogen) atoms. The Balaban J connectivity index is 0.000000229. The van der Waals surface area contributed by atoms with E-state index in [0.717, 1.165) is 70.5 Å². The Kier molecular flexibility index (Phi) is 32.6. The molecule has 0 aliphatic heterocycles. The summed E-state index contributed by atoms with van der Waals surface area (Å²) in [5.74, 6) is 1.62. The van der Waals surface area contributed by atoms with E-state index < -0.39 is 0 Å². The first-order valence-corrected chi connectivity index (χ1v) is 28.4. The van der Waals surface area contributed by atoms with Crippen LogP contribution < -0.4 is 0 Å². The molecule has 7 aromatic carbocycles. The van der Waals surface area contributed by atoms with Gasteiger partial charge in [0.1, 0.15) is 0 Å². The number of benzene rings is 7. The third-order valence-electron chi connectivity index (χ3n) is 13.1. The minimum absolute atomic E-state index is 0. The molecule has 7 nitrogen and oxygen atoms in total. The molecule has 0 amide bonds. The smallest absolute Gasteiger partial charge is 0.400 e. The van der Waals surface area contributed by atoms with Crippen molar-refractivity contribution in [3.8, 4) is 78.5 Å². The van der Waals surface area contributed by atoms with E-state index in [2.05, 4.69) is 194 Å². The second kappa shape index (κ2) is 40.0. The Morgan fingerprint density at radius 3 is 1.07 bits per heavy atom. The van der Waals surface area contributed by atoms with Gasteiger partial charge in [-0.1, -0.05) is 156 Å². The molecule has 0 fully saturated rings. The quantitative estimate of drug-likeness (QED) is 0.131. The molecule has 0 saturated heterocycles. The average molecular weight is 1500 g/mol. The molecule has 9 heteroatoms. The summed E-state index contributed by atoms with van der Waals surface area (Å²) < 4.78 is 0. The first kappa shape index (κ1) is 71.0. The Morgan fingerprint density at radius 1 is 0.264 bits per heavy atom. The minimum Gasteiger partial charge on any atom is -0.400 e. The first-order valence-electron chi connectivity index (χ1n) is 28.4. The Hall–Kier alpha value is -8.49. The zero-order valence-corrected chi connectivity index (χ0v) is 55.4. The summed E-state index contributed by atoms with van der Waals surface area (Å²) in [4.78, 5) is 21.8. The summed E-state index contributed by atoms with van der Waals surface area (Å²) >= 11 is 0. The van der Waals surface area contributed by atoms with Gasteiger partial charge in [-0.3, -0.25) is 15.0 Å². The van der Waals surface area contributed by atoms with Gasteiger partial charge in [0.05, 0.1) is 17.1 Å². The number of hydrogen-bond donors (Lipinski definition) is 2. The van der Waals surface area contributed by atoms with Crippen molar-refractivity contribution in [2.45, 2.75) is 59.3 Å². The van der Waals surface area contributed by atoms with Crippen LogP contribution in [-0.2, 0) is 40.2 Å². The zero-order valence-electron chi connectivity index (χ0n) is 50.6. The molecular formula is C78H75Ir2N5O2-. The van der Waals surface area contributed by atoms with Crippen LogP contribution in [0.2, 0.25) is 0 Å². The van der Waals surface area contributed by atoms with Gasteiger partial charge in [0.15, 0.2) is 0 Å². The van der Waals surface area contributed by atoms with Crippen LogP contribution in [0.1, 0.15) is 76.0 Å². The number of hydrogen-bond acceptors (Lipinski definition) is 7. The van der Waals surface area contributed by atoms with Gasteiger partial charge in [-0.15, -0.1) is 89.5 Å². The first-order chi connectivity index (χ1) is 41.7. The van der Waals surface area contributed by atoms with E-state index in [-0.39, 0.29) is 40.2 Å². The maximum atomic E-state index is 7.00. The third-order valence-corrected chi connectivity index (χ3v) is 13.1. The molecule has 2 N–H and O–H groups in total. The Morgan fingerprint density at radius 2 is 0.621 bits per heavy atom. The molecule has 0 bridgehead atoms. The van der Waals surface area contributed by atoms with Crippen LogP contribution in [0.4, 0.5) is 0 Å². The summed E-state index contributed by atoms with van der Waals surface area (Å²) in [6.07, 6.45) is 9.22. The number of rotatable bonds is 10. The van der Waals surface area contributed by atoms with Crippen molar-refractivity contribution in [3.05, 3.63) is 321 Å². The van der Waals surface area contributed by atoms with E-state index in [1.807, 2.05) is 170 Å². The maximum Gasteiger partial charge on any atom is 3.00 e. The largest absolute Gasteiger partial charge is 3.00 e. The zero-order chi connectivity index (χ0) is 60.4. The van der Waals surface area contributed by atoms with Gasteiger partial charge in [0.2, 0.25) is 0 Å². The fraction of sp³-hybridized carbons (Fsp3) is 0.141.